The quantitative estimate of drug-likeness (QED) is 0.190. The number of alkyl halides is 2. The zero-order valence-electron chi connectivity index (χ0n) is 17.9. The largest absolute Gasteiger partial charge is 0.495 e. The number of ether oxygens (including phenoxy) is 2. The second kappa shape index (κ2) is 11.7. The average molecular weight is 417 g/mol. The number of benzene rings is 1. The van der Waals surface area contributed by atoms with Crippen molar-refractivity contribution in [3.05, 3.63) is 80.1 Å². The topological polar surface area (TPSA) is 18.5 Å². The van der Waals surface area contributed by atoms with E-state index in [4.69, 9.17) is 9.47 Å². The minimum absolute atomic E-state index is 0.00317. The molecule has 1 aromatic carbocycles. The fourth-order valence-electron chi connectivity index (χ4n) is 4.05. The highest BCUT2D eigenvalue weighted by Crippen LogP contribution is 2.43. The molecule has 0 bridgehead atoms. The maximum atomic E-state index is 14.4. The zero-order valence-corrected chi connectivity index (χ0v) is 17.9. The number of hydrogen-bond donors (Lipinski definition) is 0. The molecule has 1 aliphatic rings. The molecule has 1 saturated carbocycles. The summed E-state index contributed by atoms with van der Waals surface area (Å²) < 4.78 is 40.2. The van der Waals surface area contributed by atoms with Crippen molar-refractivity contribution in [1.29, 1.82) is 0 Å². The second-order valence-corrected chi connectivity index (χ2v) is 8.08. The highest BCUT2D eigenvalue weighted by Gasteiger charge is 2.41. The maximum Gasteiger partial charge on any atom is 0.299 e. The molecule has 1 fully saturated rings. The average Bonchev–Trinajstić information content (AvgIpc) is 3.00. The smallest absolute Gasteiger partial charge is 0.299 e. The number of halogens is 2. The summed E-state index contributed by atoms with van der Waals surface area (Å²) in [6.07, 6.45) is 10.5. The van der Waals surface area contributed by atoms with Gasteiger partial charge in [0.1, 0.15) is 11.9 Å². The van der Waals surface area contributed by atoms with Gasteiger partial charge in [-0.3, -0.25) is 0 Å². The zero-order chi connectivity index (χ0) is 22.0. The van der Waals surface area contributed by atoms with E-state index < -0.39 is 12.5 Å². The normalized spacial score (nSPS) is 24.0. The molecule has 0 amide bonds. The SMILES string of the molecule is C=CCCCC(=C)O[C@H]1C[C@@H](C)[C@H](/C=C/C(F)(F)COc2ccccc2)[C@H]1CC=C. The van der Waals surface area contributed by atoms with Gasteiger partial charge in [0.2, 0.25) is 0 Å². The highest BCUT2D eigenvalue weighted by atomic mass is 19.3. The summed E-state index contributed by atoms with van der Waals surface area (Å²) >= 11 is 0. The lowest BCUT2D eigenvalue weighted by Gasteiger charge is -2.25. The van der Waals surface area contributed by atoms with Crippen LogP contribution in [0.25, 0.3) is 0 Å². The fourth-order valence-corrected chi connectivity index (χ4v) is 4.05. The molecule has 1 aliphatic carbocycles. The minimum atomic E-state index is -3.04. The van der Waals surface area contributed by atoms with Crippen LogP contribution in [0.1, 0.15) is 39.0 Å². The molecule has 0 spiro atoms. The van der Waals surface area contributed by atoms with Gasteiger partial charge in [-0.2, -0.15) is 8.78 Å². The lowest BCUT2D eigenvalue weighted by Crippen LogP contribution is -2.25. The van der Waals surface area contributed by atoms with Crippen LogP contribution >= 0.6 is 0 Å². The predicted molar refractivity (Wildman–Crippen MR) is 120 cm³/mol. The molecular weight excluding hydrogens is 382 g/mol. The number of unbranched alkanes of at least 4 members (excludes halogenated alkanes) is 1. The number of rotatable bonds is 13. The Kier molecular flexibility index (Phi) is 9.35. The molecule has 2 rings (SSSR count). The van der Waals surface area contributed by atoms with Gasteiger partial charge in [0.05, 0.1) is 5.76 Å². The molecule has 4 atom stereocenters. The molecule has 4 heteroatoms. The van der Waals surface area contributed by atoms with E-state index in [1.165, 1.54) is 0 Å². The van der Waals surface area contributed by atoms with Crippen molar-refractivity contribution in [3.8, 4) is 5.75 Å². The first-order valence-corrected chi connectivity index (χ1v) is 10.7. The van der Waals surface area contributed by atoms with Gasteiger partial charge in [0, 0.05) is 12.3 Å². The van der Waals surface area contributed by atoms with Gasteiger partial charge < -0.3 is 9.47 Å². The molecular formula is C26H34F2O2. The van der Waals surface area contributed by atoms with Gasteiger partial charge in [-0.15, -0.1) is 13.2 Å². The summed E-state index contributed by atoms with van der Waals surface area (Å²) in [5.74, 6) is -1.50. The van der Waals surface area contributed by atoms with Crippen LogP contribution in [0.2, 0.25) is 0 Å². The molecule has 1 aromatic rings. The molecule has 164 valence electrons. The first kappa shape index (κ1) is 23.9. The van der Waals surface area contributed by atoms with Crippen molar-refractivity contribution in [2.45, 2.75) is 51.1 Å². The summed E-state index contributed by atoms with van der Waals surface area (Å²) in [5, 5.41) is 0. The van der Waals surface area contributed by atoms with Crippen molar-refractivity contribution >= 4 is 0 Å². The van der Waals surface area contributed by atoms with Crippen LogP contribution < -0.4 is 4.74 Å². The van der Waals surface area contributed by atoms with Crippen molar-refractivity contribution in [3.63, 3.8) is 0 Å². The van der Waals surface area contributed by atoms with Crippen LogP contribution in [0.5, 0.6) is 5.75 Å². The van der Waals surface area contributed by atoms with E-state index in [2.05, 4.69) is 26.7 Å². The van der Waals surface area contributed by atoms with Gasteiger partial charge in [0.25, 0.3) is 5.92 Å². The Morgan fingerprint density at radius 3 is 2.60 bits per heavy atom. The second-order valence-electron chi connectivity index (χ2n) is 8.08. The van der Waals surface area contributed by atoms with E-state index in [-0.39, 0.29) is 23.9 Å². The van der Waals surface area contributed by atoms with Crippen LogP contribution in [-0.2, 0) is 4.74 Å². The summed E-state index contributed by atoms with van der Waals surface area (Å²) in [6.45, 7) is 13.0. The van der Waals surface area contributed by atoms with Crippen LogP contribution in [0, 0.1) is 17.8 Å². The molecule has 0 saturated heterocycles. The Morgan fingerprint density at radius 2 is 1.93 bits per heavy atom. The third-order valence-electron chi connectivity index (χ3n) is 5.59. The molecule has 2 nitrogen and oxygen atoms in total. The summed E-state index contributed by atoms with van der Waals surface area (Å²) in [7, 11) is 0. The van der Waals surface area contributed by atoms with E-state index in [0.717, 1.165) is 43.9 Å². The third kappa shape index (κ3) is 7.47. The van der Waals surface area contributed by atoms with Crippen molar-refractivity contribution in [2.24, 2.45) is 17.8 Å². The molecule has 0 aromatic heterocycles. The lowest BCUT2D eigenvalue weighted by molar-refractivity contribution is 0.00425. The first-order valence-electron chi connectivity index (χ1n) is 10.7. The molecule has 0 radical (unpaired) electrons. The van der Waals surface area contributed by atoms with Crippen LogP contribution in [0.3, 0.4) is 0 Å². The van der Waals surface area contributed by atoms with Gasteiger partial charge in [-0.25, -0.2) is 0 Å². The minimum Gasteiger partial charge on any atom is -0.495 e. The van der Waals surface area contributed by atoms with Crippen LogP contribution in [0.4, 0.5) is 8.78 Å². The molecule has 0 unspecified atom stereocenters. The molecule has 0 aliphatic heterocycles. The van der Waals surface area contributed by atoms with Crippen LogP contribution in [0.15, 0.2) is 80.1 Å². The van der Waals surface area contributed by atoms with E-state index >= 15 is 0 Å². The molecule has 0 heterocycles. The highest BCUT2D eigenvalue weighted by molar-refractivity contribution is 5.21. The fraction of sp³-hybridized carbons (Fsp3) is 0.462. The first-order chi connectivity index (χ1) is 14.4. The summed E-state index contributed by atoms with van der Waals surface area (Å²) in [5.41, 5.74) is 0. The number of hydrogen-bond acceptors (Lipinski definition) is 2. The van der Waals surface area contributed by atoms with Gasteiger partial charge in [-0.05, 0) is 55.7 Å². The molecule has 0 N–H and O–H groups in total. The number of allylic oxidation sites excluding steroid dienone is 4. The van der Waals surface area contributed by atoms with E-state index in [1.807, 2.05) is 18.2 Å². The van der Waals surface area contributed by atoms with Crippen molar-refractivity contribution in [1.82, 2.24) is 0 Å². The van der Waals surface area contributed by atoms with Gasteiger partial charge in [0.15, 0.2) is 6.61 Å². The third-order valence-corrected chi connectivity index (χ3v) is 5.59. The van der Waals surface area contributed by atoms with Crippen LogP contribution in [-0.4, -0.2) is 18.6 Å². The van der Waals surface area contributed by atoms with Gasteiger partial charge >= 0.3 is 0 Å². The Morgan fingerprint density at radius 1 is 1.20 bits per heavy atom. The van der Waals surface area contributed by atoms with Crippen molar-refractivity contribution in [2.75, 3.05) is 6.61 Å². The van der Waals surface area contributed by atoms with Gasteiger partial charge in [-0.1, -0.05) is 49.9 Å². The Labute approximate surface area is 180 Å². The lowest BCUT2D eigenvalue weighted by atomic mass is 9.87. The maximum absolute atomic E-state index is 14.4. The standard InChI is InChI=1S/C26H34F2O2/c1-5-7-9-13-21(4)30-25-18-20(3)23(24(25)12-6-2)16-17-26(27,28)19-29-22-14-10-8-11-15-22/h5-6,8,10-11,14-17,20,23-25H,1-2,4,7,9,12-13,18-19H2,3H3/b17-16+/t20-,23+,24-,25+/m1/s1. The van der Waals surface area contributed by atoms with Crippen molar-refractivity contribution < 1.29 is 18.3 Å². The van der Waals surface area contributed by atoms with E-state index in [0.29, 0.717) is 5.75 Å². The molecule has 30 heavy (non-hydrogen) atoms. The van der Waals surface area contributed by atoms with E-state index in [1.54, 1.807) is 30.3 Å². The monoisotopic (exact) mass is 416 g/mol. The summed E-state index contributed by atoms with van der Waals surface area (Å²) in [6, 6.07) is 8.67. The predicted octanol–water partition coefficient (Wildman–Crippen LogP) is 7.36. The Balaban J connectivity index is 1.98. The van der Waals surface area contributed by atoms with E-state index in [9.17, 15) is 8.78 Å². The Hall–Kier alpha value is -2.36. The number of para-hydroxylation sites is 1. The summed E-state index contributed by atoms with van der Waals surface area (Å²) in [4.78, 5) is 0. The Bertz CT molecular complexity index is 711.